The number of halogens is 2. The summed E-state index contributed by atoms with van der Waals surface area (Å²) in [5.41, 5.74) is 2.52. The molecule has 0 saturated carbocycles. The quantitative estimate of drug-likeness (QED) is 0.833. The Morgan fingerprint density at radius 2 is 2.00 bits per heavy atom. The third-order valence-corrected chi connectivity index (χ3v) is 4.71. The first-order valence-electron chi connectivity index (χ1n) is 6.07. The third kappa shape index (κ3) is 3.46. The average Bonchev–Trinajstić information content (AvgIpc) is 2.41. The molecule has 2 aromatic rings. The van der Waals surface area contributed by atoms with Crippen molar-refractivity contribution in [2.24, 2.45) is 0 Å². The molecule has 1 heterocycles. The second kappa shape index (κ2) is 6.50. The van der Waals surface area contributed by atoms with Crippen molar-refractivity contribution in [1.29, 1.82) is 0 Å². The summed E-state index contributed by atoms with van der Waals surface area (Å²) >= 11 is 6.83. The first-order chi connectivity index (χ1) is 9.49. The van der Waals surface area contributed by atoms with E-state index < -0.39 is 11.9 Å². The van der Waals surface area contributed by atoms with E-state index >= 15 is 0 Å². The number of pyridine rings is 1. The van der Waals surface area contributed by atoms with E-state index in [1.54, 1.807) is 6.20 Å². The predicted molar refractivity (Wildman–Crippen MR) is 84.9 cm³/mol. The average molecular weight is 399 g/mol. The predicted octanol–water partition coefficient (Wildman–Crippen LogP) is 4.33. The number of hydrogen-bond acceptors (Lipinski definition) is 2. The normalized spacial score (nSPS) is 12.2. The summed E-state index contributed by atoms with van der Waals surface area (Å²) in [5.74, 6) is -1.52. The van der Waals surface area contributed by atoms with Gasteiger partial charge in [-0.05, 0) is 52.5 Å². The summed E-state index contributed by atoms with van der Waals surface area (Å²) in [6.07, 6.45) is 2.06. The number of aliphatic carboxylic acids is 1. The monoisotopic (exact) mass is 397 g/mol. The van der Waals surface area contributed by atoms with Crippen molar-refractivity contribution >= 4 is 37.8 Å². The van der Waals surface area contributed by atoms with Gasteiger partial charge in [-0.15, -0.1) is 0 Å². The molecule has 0 aliphatic rings. The van der Waals surface area contributed by atoms with Crippen molar-refractivity contribution in [1.82, 2.24) is 4.98 Å². The summed E-state index contributed by atoms with van der Waals surface area (Å²) in [5, 5.41) is 9.47. The number of nitrogens with zero attached hydrogens (tertiary/aromatic N) is 1. The molecule has 0 fully saturated rings. The van der Waals surface area contributed by atoms with E-state index in [4.69, 9.17) is 0 Å². The maximum absolute atomic E-state index is 11.5. The Hall–Kier alpha value is -1.20. The van der Waals surface area contributed by atoms with Gasteiger partial charge < -0.3 is 5.11 Å². The largest absolute Gasteiger partial charge is 0.481 e. The van der Waals surface area contributed by atoms with Crippen LogP contribution in [0, 0.1) is 6.92 Å². The highest BCUT2D eigenvalue weighted by Gasteiger charge is 2.23. The van der Waals surface area contributed by atoms with Gasteiger partial charge in [-0.1, -0.05) is 34.1 Å². The van der Waals surface area contributed by atoms with Gasteiger partial charge in [0.25, 0.3) is 0 Å². The van der Waals surface area contributed by atoms with Crippen LogP contribution in [0.2, 0.25) is 0 Å². The summed E-state index contributed by atoms with van der Waals surface area (Å²) in [7, 11) is 0. The number of aryl methyl sites for hydroxylation is 1. The van der Waals surface area contributed by atoms with Crippen LogP contribution in [0.15, 0.2) is 45.5 Å². The number of hydrogen-bond donors (Lipinski definition) is 1. The van der Waals surface area contributed by atoms with Gasteiger partial charge in [0.2, 0.25) is 0 Å². The van der Waals surface area contributed by atoms with E-state index in [0.717, 1.165) is 20.1 Å². The molecule has 0 amide bonds. The molecule has 5 heteroatoms. The maximum Gasteiger partial charge on any atom is 0.312 e. The maximum atomic E-state index is 11.5. The Kier molecular flexibility index (Phi) is 4.94. The molecule has 1 aromatic heterocycles. The minimum atomic E-state index is -0.866. The van der Waals surface area contributed by atoms with Crippen LogP contribution in [0.5, 0.6) is 0 Å². The van der Waals surface area contributed by atoms with E-state index in [9.17, 15) is 9.90 Å². The van der Waals surface area contributed by atoms with Gasteiger partial charge in [0.05, 0.1) is 5.69 Å². The topological polar surface area (TPSA) is 50.2 Å². The summed E-state index contributed by atoms with van der Waals surface area (Å²) < 4.78 is 1.80. The summed E-state index contributed by atoms with van der Waals surface area (Å²) in [6.45, 7) is 1.92. The van der Waals surface area contributed by atoms with Crippen molar-refractivity contribution in [2.75, 3.05) is 0 Å². The zero-order valence-corrected chi connectivity index (χ0v) is 14.0. The Morgan fingerprint density at radius 3 is 2.60 bits per heavy atom. The lowest BCUT2D eigenvalue weighted by Gasteiger charge is -2.14. The SMILES string of the molecule is Cc1cc(C(Cc2ccccc2Br)C(=O)O)ncc1Br. The van der Waals surface area contributed by atoms with Crippen LogP contribution in [0.25, 0.3) is 0 Å². The molecule has 0 aliphatic carbocycles. The van der Waals surface area contributed by atoms with Crippen LogP contribution < -0.4 is 0 Å². The third-order valence-electron chi connectivity index (χ3n) is 3.11. The van der Waals surface area contributed by atoms with Crippen molar-refractivity contribution < 1.29 is 9.90 Å². The Labute approximate surface area is 134 Å². The molecule has 0 radical (unpaired) electrons. The molecule has 104 valence electrons. The number of aromatic nitrogens is 1. The van der Waals surface area contributed by atoms with E-state index in [1.807, 2.05) is 37.3 Å². The number of benzene rings is 1. The molecule has 3 nitrogen and oxygen atoms in total. The highest BCUT2D eigenvalue weighted by molar-refractivity contribution is 9.10. The smallest absolute Gasteiger partial charge is 0.312 e. The van der Waals surface area contributed by atoms with Gasteiger partial charge in [0, 0.05) is 15.1 Å². The minimum Gasteiger partial charge on any atom is -0.481 e. The van der Waals surface area contributed by atoms with Gasteiger partial charge in [0.15, 0.2) is 0 Å². The van der Waals surface area contributed by atoms with Crippen molar-refractivity contribution in [3.8, 4) is 0 Å². The first kappa shape index (κ1) is 15.2. The van der Waals surface area contributed by atoms with Gasteiger partial charge in [0.1, 0.15) is 5.92 Å². The van der Waals surface area contributed by atoms with Crippen LogP contribution in [-0.2, 0) is 11.2 Å². The minimum absolute atomic E-state index is 0.408. The second-order valence-corrected chi connectivity index (χ2v) is 6.25. The molecule has 1 atom stereocenters. The lowest BCUT2D eigenvalue weighted by atomic mass is 9.95. The number of rotatable bonds is 4. The highest BCUT2D eigenvalue weighted by atomic mass is 79.9. The molecule has 0 saturated heterocycles. The standard InChI is InChI=1S/C15H13Br2NO2/c1-9-6-14(18-8-13(9)17)11(15(19)20)7-10-4-2-3-5-12(10)16/h2-6,8,11H,7H2,1H3,(H,19,20). The zero-order chi connectivity index (χ0) is 14.7. The fourth-order valence-electron chi connectivity index (χ4n) is 1.95. The molecule has 20 heavy (non-hydrogen) atoms. The first-order valence-corrected chi connectivity index (χ1v) is 7.66. The van der Waals surface area contributed by atoms with Crippen LogP contribution in [0.1, 0.15) is 22.7 Å². The lowest BCUT2D eigenvalue weighted by molar-refractivity contribution is -0.138. The Morgan fingerprint density at radius 1 is 1.30 bits per heavy atom. The highest BCUT2D eigenvalue weighted by Crippen LogP contribution is 2.26. The van der Waals surface area contributed by atoms with E-state index in [0.29, 0.717) is 12.1 Å². The number of carboxylic acid groups (broad SMARTS) is 1. The summed E-state index contributed by atoms with van der Waals surface area (Å²) in [4.78, 5) is 15.8. The molecule has 2 rings (SSSR count). The Balaban J connectivity index is 2.34. The van der Waals surface area contributed by atoms with Crippen LogP contribution in [0.4, 0.5) is 0 Å². The fraction of sp³-hybridized carbons (Fsp3) is 0.200. The summed E-state index contributed by atoms with van der Waals surface area (Å²) in [6, 6.07) is 9.46. The van der Waals surface area contributed by atoms with Crippen molar-refractivity contribution in [2.45, 2.75) is 19.3 Å². The second-order valence-electron chi connectivity index (χ2n) is 4.54. The van der Waals surface area contributed by atoms with E-state index in [2.05, 4.69) is 36.8 Å². The molecule has 0 aliphatic heterocycles. The van der Waals surface area contributed by atoms with Gasteiger partial charge in [-0.3, -0.25) is 9.78 Å². The van der Waals surface area contributed by atoms with Crippen LogP contribution in [-0.4, -0.2) is 16.1 Å². The van der Waals surface area contributed by atoms with E-state index in [-0.39, 0.29) is 0 Å². The van der Waals surface area contributed by atoms with Gasteiger partial charge >= 0.3 is 5.97 Å². The molecule has 1 N–H and O–H groups in total. The number of carboxylic acids is 1. The van der Waals surface area contributed by atoms with Crippen LogP contribution >= 0.6 is 31.9 Å². The zero-order valence-electron chi connectivity index (χ0n) is 10.8. The van der Waals surface area contributed by atoms with Crippen LogP contribution in [0.3, 0.4) is 0 Å². The number of carbonyl (C=O) groups is 1. The molecule has 0 bridgehead atoms. The lowest BCUT2D eigenvalue weighted by Crippen LogP contribution is -2.16. The molecule has 1 aromatic carbocycles. The van der Waals surface area contributed by atoms with Crippen molar-refractivity contribution in [3.63, 3.8) is 0 Å². The molecular formula is C15H13Br2NO2. The molecule has 0 spiro atoms. The molecular weight excluding hydrogens is 386 g/mol. The fourth-order valence-corrected chi connectivity index (χ4v) is 2.62. The van der Waals surface area contributed by atoms with E-state index in [1.165, 1.54) is 0 Å². The Bertz CT molecular complexity index is 644. The van der Waals surface area contributed by atoms with Gasteiger partial charge in [-0.25, -0.2) is 0 Å². The van der Waals surface area contributed by atoms with Crippen molar-refractivity contribution in [3.05, 3.63) is 62.3 Å². The molecule has 1 unspecified atom stereocenters. The van der Waals surface area contributed by atoms with Gasteiger partial charge in [-0.2, -0.15) is 0 Å².